The Morgan fingerprint density at radius 1 is 1.28 bits per heavy atom. The van der Waals surface area contributed by atoms with Crippen LogP contribution in [0.5, 0.6) is 0 Å². The van der Waals surface area contributed by atoms with E-state index in [1.807, 2.05) is 26.0 Å². The molecule has 0 radical (unpaired) electrons. The molecule has 2 aromatic rings. The van der Waals surface area contributed by atoms with Crippen molar-refractivity contribution in [3.05, 3.63) is 51.6 Å². The molecular formula is C14H16N2O2. The average Bonchev–Trinajstić information content (AvgIpc) is 2.28. The molecule has 18 heavy (non-hydrogen) atoms. The Kier molecular flexibility index (Phi) is 3.58. The van der Waals surface area contributed by atoms with Gasteiger partial charge in [0.2, 0.25) is 0 Å². The van der Waals surface area contributed by atoms with Crippen molar-refractivity contribution in [3.63, 3.8) is 0 Å². The highest BCUT2D eigenvalue weighted by Gasteiger charge is 2.06. The van der Waals surface area contributed by atoms with Crippen molar-refractivity contribution in [1.29, 1.82) is 0 Å². The lowest BCUT2D eigenvalue weighted by molar-refractivity contribution is 0.177. The van der Waals surface area contributed by atoms with Gasteiger partial charge >= 0.3 is 0 Å². The average molecular weight is 244 g/mol. The van der Waals surface area contributed by atoms with Gasteiger partial charge in [0.1, 0.15) is 12.4 Å². The fraction of sp³-hybridized carbons (Fsp3) is 0.286. The summed E-state index contributed by atoms with van der Waals surface area (Å²) >= 11 is 0. The molecule has 1 N–H and O–H groups in total. The summed E-state index contributed by atoms with van der Waals surface area (Å²) in [7, 11) is 1.57. The minimum Gasteiger partial charge on any atom is -0.377 e. The van der Waals surface area contributed by atoms with E-state index in [9.17, 15) is 4.79 Å². The molecule has 0 amide bonds. The van der Waals surface area contributed by atoms with Crippen LogP contribution in [0, 0.1) is 13.8 Å². The fourth-order valence-electron chi connectivity index (χ4n) is 1.95. The van der Waals surface area contributed by atoms with Crippen LogP contribution in [0.2, 0.25) is 0 Å². The van der Waals surface area contributed by atoms with Gasteiger partial charge in [0.05, 0.1) is 5.69 Å². The van der Waals surface area contributed by atoms with E-state index in [0.29, 0.717) is 18.1 Å². The van der Waals surface area contributed by atoms with Crippen molar-refractivity contribution in [2.45, 2.75) is 20.5 Å². The second kappa shape index (κ2) is 5.14. The fourth-order valence-corrected chi connectivity index (χ4v) is 1.95. The molecule has 0 aliphatic rings. The molecule has 1 heterocycles. The summed E-state index contributed by atoms with van der Waals surface area (Å²) in [4.78, 5) is 18.6. The van der Waals surface area contributed by atoms with Gasteiger partial charge in [-0.25, -0.2) is 4.98 Å². The number of aromatic nitrogens is 2. The van der Waals surface area contributed by atoms with Crippen LogP contribution in [0.3, 0.4) is 0 Å². The third kappa shape index (κ3) is 2.65. The van der Waals surface area contributed by atoms with Crippen molar-refractivity contribution < 1.29 is 4.74 Å². The summed E-state index contributed by atoms with van der Waals surface area (Å²) in [5.74, 6) is 0.542. The van der Waals surface area contributed by atoms with Crippen molar-refractivity contribution in [2.75, 3.05) is 7.11 Å². The first-order chi connectivity index (χ1) is 8.60. The second-order valence-corrected chi connectivity index (χ2v) is 4.33. The van der Waals surface area contributed by atoms with Crippen LogP contribution in [-0.4, -0.2) is 17.1 Å². The molecule has 2 rings (SSSR count). The number of aromatic amines is 1. The zero-order chi connectivity index (χ0) is 13.1. The zero-order valence-corrected chi connectivity index (χ0v) is 10.8. The lowest BCUT2D eigenvalue weighted by atomic mass is 10.0. The van der Waals surface area contributed by atoms with Crippen molar-refractivity contribution >= 4 is 0 Å². The summed E-state index contributed by atoms with van der Waals surface area (Å²) < 4.78 is 4.99. The number of ether oxygens (including phenoxy) is 1. The van der Waals surface area contributed by atoms with Gasteiger partial charge < -0.3 is 9.72 Å². The van der Waals surface area contributed by atoms with Gasteiger partial charge in [-0.1, -0.05) is 23.8 Å². The standard InChI is InChI=1S/C14H16N2O2/c1-9-4-5-11(10(2)6-9)12-7-14(17)16-13(15-12)8-18-3/h4-7H,8H2,1-3H3,(H,15,16,17). The molecule has 0 fully saturated rings. The molecule has 1 aromatic carbocycles. The molecule has 0 saturated carbocycles. The highest BCUT2D eigenvalue weighted by molar-refractivity contribution is 5.63. The number of rotatable bonds is 3. The van der Waals surface area contributed by atoms with Crippen molar-refractivity contribution in [3.8, 4) is 11.3 Å². The maximum Gasteiger partial charge on any atom is 0.251 e. The van der Waals surface area contributed by atoms with Gasteiger partial charge in [-0.15, -0.1) is 0 Å². The zero-order valence-electron chi connectivity index (χ0n) is 10.8. The summed E-state index contributed by atoms with van der Waals surface area (Å²) in [6.45, 7) is 4.35. The number of hydrogen-bond donors (Lipinski definition) is 1. The minimum atomic E-state index is -0.160. The quantitative estimate of drug-likeness (QED) is 0.900. The van der Waals surface area contributed by atoms with Gasteiger partial charge in [0, 0.05) is 18.7 Å². The molecule has 0 aliphatic carbocycles. The van der Waals surface area contributed by atoms with Crippen LogP contribution in [0.1, 0.15) is 17.0 Å². The summed E-state index contributed by atoms with van der Waals surface area (Å²) in [6.07, 6.45) is 0. The van der Waals surface area contributed by atoms with E-state index in [0.717, 1.165) is 11.1 Å². The topological polar surface area (TPSA) is 55.0 Å². The Balaban J connectivity index is 2.53. The first-order valence-corrected chi connectivity index (χ1v) is 5.77. The number of nitrogens with one attached hydrogen (secondary N) is 1. The number of aryl methyl sites for hydroxylation is 2. The van der Waals surface area contributed by atoms with Crippen LogP contribution in [-0.2, 0) is 11.3 Å². The second-order valence-electron chi connectivity index (χ2n) is 4.33. The van der Waals surface area contributed by atoms with E-state index in [1.54, 1.807) is 7.11 Å². The molecule has 4 heteroatoms. The maximum atomic E-state index is 11.6. The van der Waals surface area contributed by atoms with Crippen LogP contribution < -0.4 is 5.56 Å². The summed E-state index contributed by atoms with van der Waals surface area (Å²) in [5, 5.41) is 0. The smallest absolute Gasteiger partial charge is 0.251 e. The molecule has 0 saturated heterocycles. The van der Waals surface area contributed by atoms with E-state index in [4.69, 9.17) is 4.74 Å². The van der Waals surface area contributed by atoms with Crippen LogP contribution in [0.4, 0.5) is 0 Å². The molecule has 0 spiro atoms. The molecule has 0 bridgehead atoms. The predicted octanol–water partition coefficient (Wildman–Crippen LogP) is 2.20. The van der Waals surface area contributed by atoms with Gasteiger partial charge in [-0.05, 0) is 19.4 Å². The monoisotopic (exact) mass is 244 g/mol. The van der Waals surface area contributed by atoms with E-state index in [2.05, 4.69) is 16.0 Å². The van der Waals surface area contributed by atoms with Crippen LogP contribution in [0.15, 0.2) is 29.1 Å². The highest BCUT2D eigenvalue weighted by atomic mass is 16.5. The molecule has 94 valence electrons. The summed E-state index contributed by atoms with van der Waals surface area (Å²) in [5.41, 5.74) is 3.80. The SMILES string of the molecule is COCc1nc(-c2ccc(C)cc2C)cc(=O)[nH]1. The largest absolute Gasteiger partial charge is 0.377 e. The number of benzene rings is 1. The van der Waals surface area contributed by atoms with Crippen LogP contribution in [0.25, 0.3) is 11.3 Å². The Morgan fingerprint density at radius 3 is 2.72 bits per heavy atom. The Bertz CT molecular complexity index is 617. The van der Waals surface area contributed by atoms with Gasteiger partial charge in [0.25, 0.3) is 5.56 Å². The first kappa shape index (κ1) is 12.5. The van der Waals surface area contributed by atoms with E-state index in [1.165, 1.54) is 11.6 Å². The molecule has 1 aromatic heterocycles. The number of nitrogens with zero attached hydrogens (tertiary/aromatic N) is 1. The van der Waals surface area contributed by atoms with E-state index >= 15 is 0 Å². The Morgan fingerprint density at radius 2 is 2.06 bits per heavy atom. The van der Waals surface area contributed by atoms with Gasteiger partial charge in [-0.2, -0.15) is 0 Å². The normalized spacial score (nSPS) is 10.6. The number of methoxy groups -OCH3 is 1. The third-order valence-corrected chi connectivity index (χ3v) is 2.73. The van der Waals surface area contributed by atoms with Gasteiger partial charge in [0.15, 0.2) is 0 Å². The first-order valence-electron chi connectivity index (χ1n) is 5.77. The minimum absolute atomic E-state index is 0.160. The van der Waals surface area contributed by atoms with E-state index < -0.39 is 0 Å². The third-order valence-electron chi connectivity index (χ3n) is 2.73. The lowest BCUT2D eigenvalue weighted by Crippen LogP contribution is -2.12. The Hall–Kier alpha value is -1.94. The number of hydrogen-bond acceptors (Lipinski definition) is 3. The molecular weight excluding hydrogens is 228 g/mol. The molecule has 0 aliphatic heterocycles. The van der Waals surface area contributed by atoms with E-state index in [-0.39, 0.29) is 5.56 Å². The Labute approximate surface area is 106 Å². The lowest BCUT2D eigenvalue weighted by Gasteiger charge is -2.07. The van der Waals surface area contributed by atoms with Crippen LogP contribution >= 0.6 is 0 Å². The number of H-pyrrole nitrogens is 1. The highest BCUT2D eigenvalue weighted by Crippen LogP contribution is 2.21. The maximum absolute atomic E-state index is 11.6. The van der Waals surface area contributed by atoms with Crippen molar-refractivity contribution in [1.82, 2.24) is 9.97 Å². The molecule has 0 unspecified atom stereocenters. The predicted molar refractivity (Wildman–Crippen MR) is 70.5 cm³/mol. The van der Waals surface area contributed by atoms with Gasteiger partial charge in [-0.3, -0.25) is 4.79 Å². The van der Waals surface area contributed by atoms with Crippen molar-refractivity contribution in [2.24, 2.45) is 0 Å². The molecule has 0 atom stereocenters. The molecule has 4 nitrogen and oxygen atoms in total. The summed E-state index contributed by atoms with van der Waals surface area (Å²) in [6, 6.07) is 7.59.